The van der Waals surface area contributed by atoms with Crippen molar-refractivity contribution in [3.05, 3.63) is 99.7 Å². The first-order valence-electron chi connectivity index (χ1n) is 23.0. The molecule has 6 aliphatic rings. The van der Waals surface area contributed by atoms with Crippen LogP contribution in [-0.2, 0) is 24.4 Å². The van der Waals surface area contributed by atoms with Crippen LogP contribution in [0, 0.1) is 0 Å². The number of likely N-dealkylation sites (tertiary alicyclic amines) is 1. The zero-order valence-corrected chi connectivity index (χ0v) is 40.5. The number of carbonyl (C=O) groups is 5. The Labute approximate surface area is 412 Å². The lowest BCUT2D eigenvalue weighted by atomic mass is 9.85. The first-order valence-corrected chi connectivity index (χ1v) is 25.8. The maximum atomic E-state index is 14.2. The Balaban J connectivity index is 0.771. The highest BCUT2D eigenvalue weighted by molar-refractivity contribution is 7.89. The highest BCUT2D eigenvalue weighted by atomic mass is 35.5. The van der Waals surface area contributed by atoms with E-state index in [2.05, 4.69) is 21.6 Å². The summed E-state index contributed by atoms with van der Waals surface area (Å²) in [6.45, 7) is 4.80. The molecule has 21 heteroatoms. The van der Waals surface area contributed by atoms with Gasteiger partial charge in [0.05, 0.1) is 28.2 Å². The molecule has 7 heterocycles. The number of carboxylic acid groups (broad SMARTS) is 2. The van der Waals surface area contributed by atoms with Gasteiger partial charge in [-0.25, -0.2) is 23.0 Å². The van der Waals surface area contributed by atoms with Gasteiger partial charge in [0.15, 0.2) is 23.4 Å². The fourth-order valence-electron chi connectivity index (χ4n) is 10.6. The number of thiophene rings is 1. The smallest absolute Gasteiger partial charge is 0.349 e. The predicted octanol–water partition coefficient (Wildman–Crippen LogP) is 6.49. The topological polar surface area (TPSA) is 231 Å². The normalized spacial score (nSPS) is 22.5. The monoisotopic (exact) mass is 1010 g/mol. The van der Waals surface area contributed by atoms with Crippen molar-refractivity contribution < 1.29 is 47.3 Å². The number of piperidine rings is 3. The Hall–Kier alpha value is -6.61. The number of ether oxygens (including phenoxy) is 1. The lowest BCUT2D eigenvalue weighted by Gasteiger charge is -2.45. The van der Waals surface area contributed by atoms with Crippen LogP contribution in [0.3, 0.4) is 0 Å². The van der Waals surface area contributed by atoms with Gasteiger partial charge in [-0.3, -0.25) is 29.6 Å². The second kappa shape index (κ2) is 18.3. The van der Waals surface area contributed by atoms with Crippen LogP contribution in [0.25, 0.3) is 21.2 Å². The zero-order valence-electron chi connectivity index (χ0n) is 38.1. The average Bonchev–Trinajstić information content (AvgIpc) is 3.81. The van der Waals surface area contributed by atoms with E-state index in [0.717, 1.165) is 65.0 Å². The molecule has 18 nitrogen and oxygen atoms in total. The third kappa shape index (κ3) is 8.81. The summed E-state index contributed by atoms with van der Waals surface area (Å²) >= 11 is 7.43. The molecule has 3 atom stereocenters. The number of nitrogens with one attached hydrogen (secondary N) is 2. The fourth-order valence-corrected chi connectivity index (χ4v) is 13.9. The highest BCUT2D eigenvalue weighted by Gasteiger charge is 2.44. The van der Waals surface area contributed by atoms with E-state index in [4.69, 9.17) is 31.5 Å². The van der Waals surface area contributed by atoms with Crippen molar-refractivity contribution in [3.63, 3.8) is 0 Å². The number of hydrogen-bond acceptors (Lipinski definition) is 14. The minimum atomic E-state index is -3.83. The number of benzene rings is 3. The molecule has 0 spiro atoms. The Morgan fingerprint density at radius 2 is 1.80 bits per heavy atom. The van der Waals surface area contributed by atoms with E-state index >= 15 is 0 Å². The Morgan fingerprint density at radius 1 is 1.01 bits per heavy atom. The molecule has 364 valence electrons. The standard InChI is InChI=1S/C49H49ClN8O10S2/c1-49(2)22-30(52-29-6-3-5-28(21-29)44-42(50)43(68-25-40(60)61)45(69-44)48(64)65)17-20-57(49)70(66,67)26-31-9-13-38-51-23-32(24-56(38)54-31)55-18-15-27(16-19-55)33-10-11-36-41-34(33)7-4-8-35(41)47(63)58(36)37-12-14-39(59)53-46(37)62/h3-11,13,21,23-24,27,30,37-38,52H,12,14-20,22,25-26H2,1-2H3,(H,60,61)(H,64,65)(H,53,59,62). The summed E-state index contributed by atoms with van der Waals surface area (Å²) in [5.41, 5.74) is 4.25. The highest BCUT2D eigenvalue weighted by Crippen LogP contribution is 2.47. The molecule has 6 aliphatic heterocycles. The Kier molecular flexibility index (Phi) is 12.3. The van der Waals surface area contributed by atoms with Gasteiger partial charge >= 0.3 is 11.9 Å². The van der Waals surface area contributed by atoms with Crippen LogP contribution in [0.2, 0.25) is 5.02 Å². The number of aromatic carboxylic acids is 1. The summed E-state index contributed by atoms with van der Waals surface area (Å²) in [5.74, 6) is -3.85. The molecular formula is C49H49ClN8O10S2. The number of aliphatic carboxylic acids is 1. The molecule has 0 radical (unpaired) electrons. The number of anilines is 2. The van der Waals surface area contributed by atoms with Crippen LogP contribution in [0.5, 0.6) is 5.75 Å². The van der Waals surface area contributed by atoms with Crippen LogP contribution in [0.1, 0.15) is 83.9 Å². The quantitative estimate of drug-likeness (QED) is 0.105. The molecule has 0 bridgehead atoms. The van der Waals surface area contributed by atoms with Crippen LogP contribution >= 0.6 is 22.9 Å². The minimum Gasteiger partial charge on any atom is -0.479 e. The molecule has 3 saturated heterocycles. The summed E-state index contributed by atoms with van der Waals surface area (Å²) in [6, 6.07) is 16.1. The maximum absolute atomic E-state index is 14.2. The molecule has 3 aromatic carbocycles. The van der Waals surface area contributed by atoms with Gasteiger partial charge in [0.25, 0.3) is 5.91 Å². The number of carboxylic acids is 2. The molecule has 3 unspecified atom stereocenters. The van der Waals surface area contributed by atoms with Gasteiger partial charge in [-0.15, -0.1) is 11.3 Å². The minimum absolute atomic E-state index is 0.00539. The number of carbonyl (C=O) groups excluding carboxylic acids is 3. The second-order valence-corrected chi connectivity index (χ2v) is 22.1. The van der Waals surface area contributed by atoms with Crippen molar-refractivity contribution in [2.45, 2.75) is 82.1 Å². The van der Waals surface area contributed by atoms with Crippen molar-refractivity contribution in [2.24, 2.45) is 10.1 Å². The van der Waals surface area contributed by atoms with Gasteiger partial charge in [0, 0.05) is 60.5 Å². The number of sulfonamides is 1. The van der Waals surface area contributed by atoms with Crippen molar-refractivity contribution >= 4 is 96.7 Å². The van der Waals surface area contributed by atoms with E-state index in [1.165, 1.54) is 0 Å². The molecule has 1 aromatic heterocycles. The zero-order chi connectivity index (χ0) is 49.2. The van der Waals surface area contributed by atoms with Gasteiger partial charge in [-0.2, -0.15) is 9.41 Å². The first-order chi connectivity index (χ1) is 33.5. The van der Waals surface area contributed by atoms with Gasteiger partial charge in [0.1, 0.15) is 16.8 Å². The van der Waals surface area contributed by atoms with Crippen LogP contribution in [-0.4, -0.2) is 130 Å². The summed E-state index contributed by atoms with van der Waals surface area (Å²) in [5, 5.41) is 33.1. The number of rotatable bonds is 13. The molecule has 70 heavy (non-hydrogen) atoms. The molecular weight excluding hydrogens is 960 g/mol. The summed E-state index contributed by atoms with van der Waals surface area (Å²) < 4.78 is 35.1. The molecule has 4 aromatic rings. The van der Waals surface area contributed by atoms with Crippen LogP contribution in [0.4, 0.5) is 11.4 Å². The largest absolute Gasteiger partial charge is 0.479 e. The molecule has 0 aliphatic carbocycles. The fraction of sp³-hybridized carbons (Fsp3) is 0.367. The summed E-state index contributed by atoms with van der Waals surface area (Å²) in [7, 11) is -3.83. The number of amides is 3. The third-order valence-electron chi connectivity index (χ3n) is 13.8. The SMILES string of the molecule is CC1(C)CC(Nc2cccc(-c3sc(C(=O)O)c(OCC(=O)O)c3Cl)c2)CCN1S(=O)(=O)CC1=NN2C=C(N3CCC(c4ccc5c6c(cccc46)C(=O)N5C4CCC(=O)NC4=O)CC3)C=NC2C=C1. The van der Waals surface area contributed by atoms with Gasteiger partial charge in [-0.1, -0.05) is 41.9 Å². The van der Waals surface area contributed by atoms with Crippen molar-refractivity contribution in [1.82, 2.24) is 19.5 Å². The second-order valence-electron chi connectivity index (χ2n) is 18.8. The molecule has 3 amide bonds. The van der Waals surface area contributed by atoms with E-state index in [-0.39, 0.29) is 64.6 Å². The summed E-state index contributed by atoms with van der Waals surface area (Å²) in [4.78, 5) is 70.2. The first kappa shape index (κ1) is 47.1. The number of aliphatic imine (C=N–C) groups is 1. The average molecular weight is 1010 g/mol. The molecule has 4 N–H and O–H groups in total. The van der Waals surface area contributed by atoms with Crippen molar-refractivity contribution in [2.75, 3.05) is 42.2 Å². The number of nitrogens with zero attached hydrogens (tertiary/aromatic N) is 6. The van der Waals surface area contributed by atoms with E-state index in [9.17, 15) is 37.5 Å². The van der Waals surface area contributed by atoms with E-state index in [0.29, 0.717) is 40.2 Å². The molecule has 0 saturated carbocycles. The van der Waals surface area contributed by atoms with Crippen LogP contribution < -0.4 is 20.3 Å². The van der Waals surface area contributed by atoms with Gasteiger partial charge in [-0.05, 0) is 105 Å². The van der Waals surface area contributed by atoms with Crippen LogP contribution in [0.15, 0.2) is 88.7 Å². The van der Waals surface area contributed by atoms with Crippen molar-refractivity contribution in [1.29, 1.82) is 0 Å². The Morgan fingerprint density at radius 3 is 2.54 bits per heavy atom. The predicted molar refractivity (Wildman–Crippen MR) is 265 cm³/mol. The van der Waals surface area contributed by atoms with Gasteiger partial charge in [0.2, 0.25) is 21.8 Å². The number of hydrazone groups is 1. The van der Waals surface area contributed by atoms with E-state index < -0.39 is 52.2 Å². The number of halogens is 1. The van der Waals surface area contributed by atoms with Gasteiger partial charge < -0.3 is 25.2 Å². The third-order valence-corrected chi connectivity index (χ3v) is 17.5. The number of fused-ring (bicyclic) bond motifs is 1. The van der Waals surface area contributed by atoms with Crippen molar-refractivity contribution in [3.8, 4) is 16.2 Å². The van der Waals surface area contributed by atoms with E-state index in [1.807, 2.05) is 62.7 Å². The number of allylic oxidation sites excluding steroid dienone is 2. The Bertz CT molecular complexity index is 3120. The lowest BCUT2D eigenvalue weighted by Crippen LogP contribution is -2.56. The maximum Gasteiger partial charge on any atom is 0.349 e. The molecule has 3 fully saturated rings. The van der Waals surface area contributed by atoms with E-state index in [1.54, 1.807) is 38.5 Å². The summed E-state index contributed by atoms with van der Waals surface area (Å²) in [6.07, 6.45) is 10.1. The number of imide groups is 1. The number of hydrogen-bond donors (Lipinski definition) is 4. The molecule has 10 rings (SSSR count). The lowest BCUT2D eigenvalue weighted by molar-refractivity contribution is -0.139.